The van der Waals surface area contributed by atoms with Crippen molar-refractivity contribution in [3.8, 4) is 0 Å². The van der Waals surface area contributed by atoms with Crippen LogP contribution in [0.2, 0.25) is 0 Å². The Hall–Kier alpha value is -1.04. The molecule has 0 spiro atoms. The third kappa shape index (κ3) is 15.7. The van der Waals surface area contributed by atoms with E-state index in [1.54, 1.807) is 0 Å². The van der Waals surface area contributed by atoms with E-state index in [4.69, 9.17) is 0 Å². The number of hydrogen-bond acceptors (Lipinski definition) is 0. The van der Waals surface area contributed by atoms with Gasteiger partial charge in [0.25, 0.3) is 0 Å². The van der Waals surface area contributed by atoms with E-state index in [1.165, 1.54) is 31.2 Å². The van der Waals surface area contributed by atoms with Crippen LogP contribution in [0.15, 0.2) is 43.5 Å². The molecule has 0 bridgehead atoms. The van der Waals surface area contributed by atoms with Crippen molar-refractivity contribution in [2.24, 2.45) is 0 Å². The molecule has 86 valence electrons. The zero-order valence-corrected chi connectivity index (χ0v) is 10.6. The van der Waals surface area contributed by atoms with Crippen LogP contribution < -0.4 is 0 Å². The van der Waals surface area contributed by atoms with E-state index >= 15 is 0 Å². The first-order chi connectivity index (χ1) is 7.31. The number of unbranched alkanes of at least 4 members (excludes halogenated alkanes) is 3. The molecule has 0 unspecified atom stereocenters. The molecule has 0 fully saturated rings. The maximum Gasteiger partial charge on any atom is -0.0398 e. The fraction of sp³-hybridized carbons (Fsp3) is 0.467. The third-order valence-corrected chi connectivity index (χ3v) is 1.90. The Balaban J connectivity index is 0. The predicted octanol–water partition coefficient (Wildman–Crippen LogP) is 5.38. The first-order valence-electron chi connectivity index (χ1n) is 5.82. The highest BCUT2D eigenvalue weighted by atomic mass is 13.8. The molecule has 0 nitrogen and oxygen atoms in total. The van der Waals surface area contributed by atoms with Crippen molar-refractivity contribution in [2.75, 3.05) is 0 Å². The van der Waals surface area contributed by atoms with E-state index in [2.05, 4.69) is 46.1 Å². The van der Waals surface area contributed by atoms with Gasteiger partial charge in [0.1, 0.15) is 0 Å². The summed E-state index contributed by atoms with van der Waals surface area (Å²) in [5, 5.41) is 0. The first kappa shape index (κ1) is 16.4. The molecule has 0 saturated heterocycles. The standard InChI is InChI=1S/C7H8.C6H14.C2H4/c1-7-5-3-2-4-6-7;1-3-5-6-4-2;1-2/h2-6H,1H3;3-6H2,1-2H3;1-2H2. The first-order valence-corrected chi connectivity index (χ1v) is 5.82. The van der Waals surface area contributed by atoms with E-state index in [-0.39, 0.29) is 0 Å². The van der Waals surface area contributed by atoms with Crippen LogP contribution in [-0.2, 0) is 0 Å². The van der Waals surface area contributed by atoms with E-state index < -0.39 is 0 Å². The van der Waals surface area contributed by atoms with Crippen molar-refractivity contribution in [1.82, 2.24) is 0 Å². The van der Waals surface area contributed by atoms with Crippen LogP contribution in [0.25, 0.3) is 0 Å². The molecule has 0 heteroatoms. The average Bonchev–Trinajstić information content (AvgIpc) is 2.31. The highest BCUT2D eigenvalue weighted by Gasteiger charge is 1.75. The van der Waals surface area contributed by atoms with Gasteiger partial charge in [-0.05, 0) is 6.92 Å². The van der Waals surface area contributed by atoms with Crippen LogP contribution in [0.1, 0.15) is 45.1 Å². The van der Waals surface area contributed by atoms with E-state index in [1.807, 2.05) is 18.2 Å². The largest absolute Gasteiger partial charge is 0.106 e. The third-order valence-electron chi connectivity index (χ3n) is 1.90. The van der Waals surface area contributed by atoms with Gasteiger partial charge in [-0.15, -0.1) is 13.2 Å². The topological polar surface area (TPSA) is 0 Å². The summed E-state index contributed by atoms with van der Waals surface area (Å²) in [4.78, 5) is 0. The Kier molecular flexibility index (Phi) is 16.9. The van der Waals surface area contributed by atoms with Crippen molar-refractivity contribution in [1.29, 1.82) is 0 Å². The van der Waals surface area contributed by atoms with Gasteiger partial charge in [-0.2, -0.15) is 0 Å². The second kappa shape index (κ2) is 15.4. The quantitative estimate of drug-likeness (QED) is 0.460. The molecule has 0 aliphatic heterocycles. The van der Waals surface area contributed by atoms with Gasteiger partial charge in [-0.1, -0.05) is 75.4 Å². The second-order valence-electron chi connectivity index (χ2n) is 3.36. The lowest BCUT2D eigenvalue weighted by Crippen LogP contribution is -1.66. The molecule has 0 N–H and O–H groups in total. The van der Waals surface area contributed by atoms with Gasteiger partial charge < -0.3 is 0 Å². The van der Waals surface area contributed by atoms with Crippen LogP contribution >= 0.6 is 0 Å². The smallest absolute Gasteiger partial charge is 0.0398 e. The minimum absolute atomic E-state index is 1.32. The zero-order chi connectivity index (χ0) is 11.9. The normalized spacial score (nSPS) is 7.93. The molecule has 0 aliphatic carbocycles. The maximum atomic E-state index is 3.00. The molecule has 1 aromatic carbocycles. The minimum Gasteiger partial charge on any atom is -0.106 e. The summed E-state index contributed by atoms with van der Waals surface area (Å²) >= 11 is 0. The van der Waals surface area contributed by atoms with Gasteiger partial charge in [0, 0.05) is 0 Å². The number of hydrogen-bond donors (Lipinski definition) is 0. The highest BCUT2D eigenvalue weighted by Crippen LogP contribution is 1.95. The second-order valence-corrected chi connectivity index (χ2v) is 3.36. The zero-order valence-electron chi connectivity index (χ0n) is 10.6. The Morgan fingerprint density at radius 2 is 1.27 bits per heavy atom. The van der Waals surface area contributed by atoms with Crippen molar-refractivity contribution in [3.63, 3.8) is 0 Å². The molecule has 0 aromatic heterocycles. The van der Waals surface area contributed by atoms with Crippen LogP contribution in [0.3, 0.4) is 0 Å². The Labute approximate surface area is 96.0 Å². The molecule has 0 radical (unpaired) electrons. The van der Waals surface area contributed by atoms with E-state index in [0.29, 0.717) is 0 Å². The van der Waals surface area contributed by atoms with Crippen LogP contribution in [0, 0.1) is 6.92 Å². The van der Waals surface area contributed by atoms with Gasteiger partial charge in [-0.3, -0.25) is 0 Å². The molecule has 1 aromatic rings. The van der Waals surface area contributed by atoms with Crippen LogP contribution in [0.5, 0.6) is 0 Å². The average molecular weight is 206 g/mol. The minimum atomic E-state index is 1.32. The predicted molar refractivity (Wildman–Crippen MR) is 72.2 cm³/mol. The Morgan fingerprint density at radius 1 is 0.867 bits per heavy atom. The molecule has 0 aliphatic rings. The summed E-state index contributed by atoms with van der Waals surface area (Å²) in [6, 6.07) is 10.3. The summed E-state index contributed by atoms with van der Waals surface area (Å²) in [5.74, 6) is 0. The van der Waals surface area contributed by atoms with Crippen LogP contribution in [0.4, 0.5) is 0 Å². The SMILES string of the molecule is C=C.CCCCCC.Cc1ccccc1. The summed E-state index contributed by atoms with van der Waals surface area (Å²) in [5.41, 5.74) is 1.32. The van der Waals surface area contributed by atoms with Crippen LogP contribution in [-0.4, -0.2) is 0 Å². The lowest BCUT2D eigenvalue weighted by Gasteiger charge is -1.86. The van der Waals surface area contributed by atoms with Crippen molar-refractivity contribution < 1.29 is 0 Å². The fourth-order valence-corrected chi connectivity index (χ4v) is 1.03. The highest BCUT2D eigenvalue weighted by molar-refractivity contribution is 5.11. The monoisotopic (exact) mass is 206 g/mol. The lowest BCUT2D eigenvalue weighted by molar-refractivity contribution is 0.702. The van der Waals surface area contributed by atoms with E-state index in [9.17, 15) is 0 Å². The number of rotatable bonds is 3. The van der Waals surface area contributed by atoms with Crippen molar-refractivity contribution >= 4 is 0 Å². The summed E-state index contributed by atoms with van der Waals surface area (Å²) in [6.07, 6.45) is 5.54. The Bertz CT molecular complexity index is 184. The molecular formula is C15H26. The summed E-state index contributed by atoms with van der Waals surface area (Å²) < 4.78 is 0. The summed E-state index contributed by atoms with van der Waals surface area (Å²) in [7, 11) is 0. The van der Waals surface area contributed by atoms with E-state index in [0.717, 1.165) is 0 Å². The molecule has 0 heterocycles. The molecule has 15 heavy (non-hydrogen) atoms. The van der Waals surface area contributed by atoms with Gasteiger partial charge in [0.05, 0.1) is 0 Å². The van der Waals surface area contributed by atoms with Gasteiger partial charge in [0.15, 0.2) is 0 Å². The van der Waals surface area contributed by atoms with Gasteiger partial charge in [-0.25, -0.2) is 0 Å². The maximum absolute atomic E-state index is 3.00. The molecular weight excluding hydrogens is 180 g/mol. The summed E-state index contributed by atoms with van der Waals surface area (Å²) in [6.45, 7) is 12.5. The number of aryl methyl sites for hydroxylation is 1. The fourth-order valence-electron chi connectivity index (χ4n) is 1.03. The van der Waals surface area contributed by atoms with Gasteiger partial charge >= 0.3 is 0 Å². The molecule has 1 rings (SSSR count). The van der Waals surface area contributed by atoms with Crippen molar-refractivity contribution in [3.05, 3.63) is 49.1 Å². The Morgan fingerprint density at radius 3 is 1.47 bits per heavy atom. The lowest BCUT2D eigenvalue weighted by atomic mass is 10.2. The molecule has 0 saturated carbocycles. The molecule has 0 atom stereocenters. The molecule has 0 amide bonds. The van der Waals surface area contributed by atoms with Gasteiger partial charge in [0.2, 0.25) is 0 Å². The van der Waals surface area contributed by atoms with Crippen molar-refractivity contribution in [2.45, 2.75) is 46.5 Å². The number of benzene rings is 1.